The van der Waals surface area contributed by atoms with Crippen molar-refractivity contribution < 1.29 is 4.79 Å². The zero-order chi connectivity index (χ0) is 24.6. The summed E-state index contributed by atoms with van der Waals surface area (Å²) >= 11 is 0. The van der Waals surface area contributed by atoms with Crippen molar-refractivity contribution in [2.24, 2.45) is 7.05 Å². The number of nitriles is 1. The van der Waals surface area contributed by atoms with Gasteiger partial charge >= 0.3 is 5.69 Å². The fourth-order valence-electron chi connectivity index (χ4n) is 4.08. The van der Waals surface area contributed by atoms with Gasteiger partial charge in [-0.2, -0.15) is 5.26 Å². The molecule has 5 rings (SSSR count). The van der Waals surface area contributed by atoms with E-state index in [9.17, 15) is 14.9 Å². The van der Waals surface area contributed by atoms with Crippen molar-refractivity contribution >= 4 is 17.2 Å². The predicted octanol–water partition coefficient (Wildman–Crippen LogP) is 4.43. The highest BCUT2D eigenvalue weighted by Gasteiger charge is 2.26. The Labute approximate surface area is 201 Å². The SMILES string of the molecule is Cn1cc(-c2cc(-c3cnc4ccccc4c3)ccn2)n(-c2ccc(C(C)(C#N)C=O)cc2)c1=O. The molecule has 35 heavy (non-hydrogen) atoms. The quantitative estimate of drug-likeness (QED) is 0.363. The lowest BCUT2D eigenvalue weighted by atomic mass is 9.86. The number of pyridine rings is 2. The second kappa shape index (κ2) is 8.50. The zero-order valence-electron chi connectivity index (χ0n) is 19.2. The van der Waals surface area contributed by atoms with Crippen molar-refractivity contribution in [1.82, 2.24) is 19.1 Å². The summed E-state index contributed by atoms with van der Waals surface area (Å²) in [7, 11) is 1.69. The van der Waals surface area contributed by atoms with Crippen LogP contribution in [0.1, 0.15) is 12.5 Å². The lowest BCUT2D eigenvalue weighted by molar-refractivity contribution is -0.110. The largest absolute Gasteiger partial charge is 0.333 e. The number of imidazole rings is 1. The minimum absolute atomic E-state index is 0.231. The van der Waals surface area contributed by atoms with Crippen molar-refractivity contribution in [3.05, 3.63) is 101 Å². The molecule has 3 aromatic heterocycles. The number of para-hydroxylation sites is 1. The first kappa shape index (κ1) is 22.0. The zero-order valence-corrected chi connectivity index (χ0v) is 19.2. The second-order valence-electron chi connectivity index (χ2n) is 8.57. The average Bonchev–Trinajstić information content (AvgIpc) is 3.22. The van der Waals surface area contributed by atoms with Gasteiger partial charge in [0.25, 0.3) is 0 Å². The maximum absolute atomic E-state index is 13.0. The summed E-state index contributed by atoms with van der Waals surface area (Å²) in [5, 5.41) is 10.4. The summed E-state index contributed by atoms with van der Waals surface area (Å²) in [4.78, 5) is 33.6. The maximum Gasteiger partial charge on any atom is 0.333 e. The highest BCUT2D eigenvalue weighted by molar-refractivity contribution is 5.84. The first-order valence-corrected chi connectivity index (χ1v) is 11.0. The number of benzene rings is 2. The predicted molar refractivity (Wildman–Crippen MR) is 134 cm³/mol. The van der Waals surface area contributed by atoms with Crippen LogP contribution in [0.4, 0.5) is 0 Å². The third-order valence-corrected chi connectivity index (χ3v) is 6.19. The van der Waals surface area contributed by atoms with Crippen LogP contribution < -0.4 is 5.69 Å². The van der Waals surface area contributed by atoms with E-state index in [4.69, 9.17) is 0 Å². The molecule has 0 aliphatic carbocycles. The van der Waals surface area contributed by atoms with E-state index in [1.165, 1.54) is 4.57 Å². The monoisotopic (exact) mass is 459 g/mol. The molecule has 0 amide bonds. The molecule has 0 aliphatic rings. The van der Waals surface area contributed by atoms with Gasteiger partial charge in [0.15, 0.2) is 0 Å². The Morgan fingerprint density at radius 3 is 2.51 bits per heavy atom. The fraction of sp³-hybridized carbons (Fsp3) is 0.107. The molecule has 0 radical (unpaired) electrons. The van der Waals surface area contributed by atoms with Gasteiger partial charge in [0, 0.05) is 36.6 Å². The maximum atomic E-state index is 13.0. The van der Waals surface area contributed by atoms with Crippen LogP contribution in [0.2, 0.25) is 0 Å². The van der Waals surface area contributed by atoms with E-state index in [1.54, 1.807) is 55.2 Å². The van der Waals surface area contributed by atoms with Crippen LogP contribution in [-0.4, -0.2) is 25.4 Å². The number of carbonyl (C=O) groups is 1. The molecule has 7 heteroatoms. The van der Waals surface area contributed by atoms with Gasteiger partial charge in [0.05, 0.1) is 28.7 Å². The van der Waals surface area contributed by atoms with Crippen LogP contribution in [0.15, 0.2) is 90.1 Å². The number of rotatable bonds is 5. The van der Waals surface area contributed by atoms with Gasteiger partial charge in [-0.05, 0) is 54.4 Å². The summed E-state index contributed by atoms with van der Waals surface area (Å²) in [6, 6.07) is 22.8. The van der Waals surface area contributed by atoms with E-state index >= 15 is 0 Å². The Morgan fingerprint density at radius 2 is 1.77 bits per heavy atom. The molecule has 2 aromatic carbocycles. The molecule has 7 nitrogen and oxygen atoms in total. The normalized spacial score (nSPS) is 12.7. The molecule has 5 aromatic rings. The molecule has 0 N–H and O–H groups in total. The van der Waals surface area contributed by atoms with E-state index in [-0.39, 0.29) is 5.69 Å². The van der Waals surface area contributed by atoms with E-state index in [2.05, 4.69) is 16.0 Å². The highest BCUT2D eigenvalue weighted by Crippen LogP contribution is 2.28. The number of aldehydes is 1. The van der Waals surface area contributed by atoms with Gasteiger partial charge in [-0.3, -0.25) is 14.5 Å². The molecule has 1 unspecified atom stereocenters. The molecular weight excluding hydrogens is 438 g/mol. The Morgan fingerprint density at radius 1 is 1.00 bits per heavy atom. The molecule has 3 heterocycles. The van der Waals surface area contributed by atoms with Gasteiger partial charge in [0.1, 0.15) is 11.7 Å². The van der Waals surface area contributed by atoms with Gasteiger partial charge in [0.2, 0.25) is 0 Å². The number of aryl methyl sites for hydroxylation is 1. The molecule has 0 saturated carbocycles. The number of fused-ring (bicyclic) bond motifs is 1. The molecule has 0 saturated heterocycles. The van der Waals surface area contributed by atoms with Gasteiger partial charge in [-0.25, -0.2) is 4.79 Å². The van der Waals surface area contributed by atoms with Crippen molar-refractivity contribution in [1.29, 1.82) is 5.26 Å². The Bertz CT molecular complexity index is 1670. The first-order valence-electron chi connectivity index (χ1n) is 11.0. The van der Waals surface area contributed by atoms with E-state index in [1.807, 2.05) is 48.7 Å². The molecule has 0 aliphatic heterocycles. The Hall–Kier alpha value is -4.83. The molecular formula is C28H21N5O2. The average molecular weight is 460 g/mol. The van der Waals surface area contributed by atoms with Crippen molar-refractivity contribution in [2.45, 2.75) is 12.3 Å². The topological polar surface area (TPSA) is 93.6 Å². The fourth-order valence-corrected chi connectivity index (χ4v) is 4.08. The number of nitrogens with zero attached hydrogens (tertiary/aromatic N) is 5. The third kappa shape index (κ3) is 3.81. The number of hydrogen-bond acceptors (Lipinski definition) is 5. The molecule has 0 bridgehead atoms. The van der Waals surface area contributed by atoms with Gasteiger partial charge in [-0.1, -0.05) is 30.3 Å². The van der Waals surface area contributed by atoms with Crippen LogP contribution in [0.5, 0.6) is 0 Å². The van der Waals surface area contributed by atoms with Crippen LogP contribution in [0, 0.1) is 11.3 Å². The summed E-state index contributed by atoms with van der Waals surface area (Å²) < 4.78 is 3.07. The van der Waals surface area contributed by atoms with Crippen LogP contribution in [0.3, 0.4) is 0 Å². The lowest BCUT2D eigenvalue weighted by Crippen LogP contribution is -2.23. The molecule has 0 spiro atoms. The Balaban J connectivity index is 1.60. The highest BCUT2D eigenvalue weighted by atomic mass is 16.1. The first-order chi connectivity index (χ1) is 16.9. The third-order valence-electron chi connectivity index (χ3n) is 6.19. The van der Waals surface area contributed by atoms with Crippen LogP contribution in [0.25, 0.3) is 39.1 Å². The van der Waals surface area contributed by atoms with Crippen molar-refractivity contribution in [3.8, 4) is 34.3 Å². The standard InChI is InChI=1S/C28H21N5O2/c1-28(17-29,18-34)22-7-9-23(10-8-22)33-26(16-32(2)27(33)35)25-14-19(11-12-30-25)21-13-20-5-3-4-6-24(20)31-15-21/h3-16,18H,1-2H3. The van der Waals surface area contributed by atoms with Gasteiger partial charge < -0.3 is 9.36 Å². The number of carbonyl (C=O) groups excluding carboxylic acids is 1. The smallest absolute Gasteiger partial charge is 0.301 e. The molecule has 170 valence electrons. The summed E-state index contributed by atoms with van der Waals surface area (Å²) in [6.07, 6.45) is 5.91. The Kier molecular flexibility index (Phi) is 5.34. The van der Waals surface area contributed by atoms with E-state index in [0.717, 1.165) is 22.0 Å². The van der Waals surface area contributed by atoms with E-state index in [0.29, 0.717) is 28.9 Å². The van der Waals surface area contributed by atoms with Crippen LogP contribution in [-0.2, 0) is 17.3 Å². The van der Waals surface area contributed by atoms with Gasteiger partial charge in [-0.15, -0.1) is 0 Å². The lowest BCUT2D eigenvalue weighted by Gasteiger charge is -2.15. The summed E-state index contributed by atoms with van der Waals surface area (Å²) in [5.74, 6) is 0. The minimum Gasteiger partial charge on any atom is -0.301 e. The second-order valence-corrected chi connectivity index (χ2v) is 8.57. The summed E-state index contributed by atoms with van der Waals surface area (Å²) in [6.45, 7) is 1.56. The van der Waals surface area contributed by atoms with Crippen molar-refractivity contribution in [2.75, 3.05) is 0 Å². The number of aromatic nitrogens is 4. The van der Waals surface area contributed by atoms with Crippen molar-refractivity contribution in [3.63, 3.8) is 0 Å². The number of hydrogen-bond donors (Lipinski definition) is 0. The molecule has 1 atom stereocenters. The molecule has 0 fully saturated rings. The summed E-state index contributed by atoms with van der Waals surface area (Å²) in [5.41, 5.74) is 3.76. The van der Waals surface area contributed by atoms with Crippen LogP contribution >= 0.6 is 0 Å². The van der Waals surface area contributed by atoms with E-state index < -0.39 is 5.41 Å². The minimum atomic E-state index is -1.24.